The first-order valence-corrected chi connectivity index (χ1v) is 7.03. The maximum Gasteiger partial charge on any atom is 0.251 e. The van der Waals surface area contributed by atoms with E-state index in [0.29, 0.717) is 30.4 Å². The number of rotatable bonds is 6. The lowest BCUT2D eigenvalue weighted by Crippen LogP contribution is -2.31. The van der Waals surface area contributed by atoms with Gasteiger partial charge in [0.25, 0.3) is 5.91 Å². The SMILES string of the molecule is CCOc1ccc(OCC)c(NC2CC(=O)N(C)C2=O)c1. The highest BCUT2D eigenvalue weighted by atomic mass is 16.5. The van der Waals surface area contributed by atoms with E-state index in [0.717, 1.165) is 4.90 Å². The third kappa shape index (κ3) is 3.26. The molecule has 0 aromatic heterocycles. The fraction of sp³-hybridized carbons (Fsp3) is 0.467. The van der Waals surface area contributed by atoms with E-state index in [4.69, 9.17) is 9.47 Å². The number of benzene rings is 1. The summed E-state index contributed by atoms with van der Waals surface area (Å²) >= 11 is 0. The van der Waals surface area contributed by atoms with E-state index in [1.54, 1.807) is 12.1 Å². The molecule has 2 rings (SSSR count). The highest BCUT2D eigenvalue weighted by molar-refractivity contribution is 6.06. The molecule has 0 spiro atoms. The molecule has 21 heavy (non-hydrogen) atoms. The minimum absolute atomic E-state index is 0.153. The summed E-state index contributed by atoms with van der Waals surface area (Å²) in [6, 6.07) is 4.83. The normalized spacial score (nSPS) is 18.0. The summed E-state index contributed by atoms with van der Waals surface area (Å²) in [5.74, 6) is 0.907. The lowest BCUT2D eigenvalue weighted by atomic mass is 10.2. The molecule has 0 saturated carbocycles. The van der Waals surface area contributed by atoms with Crippen molar-refractivity contribution in [2.24, 2.45) is 0 Å². The van der Waals surface area contributed by atoms with Gasteiger partial charge in [-0.05, 0) is 26.0 Å². The lowest BCUT2D eigenvalue weighted by molar-refractivity contribution is -0.136. The van der Waals surface area contributed by atoms with Gasteiger partial charge in [-0.3, -0.25) is 14.5 Å². The van der Waals surface area contributed by atoms with Gasteiger partial charge in [0.1, 0.15) is 17.5 Å². The standard InChI is InChI=1S/C15H20N2O4/c1-4-20-10-6-7-13(21-5-2)11(8-10)16-12-9-14(18)17(3)15(12)19/h6-8,12,16H,4-5,9H2,1-3H3. The first-order valence-electron chi connectivity index (χ1n) is 7.03. The second kappa shape index (κ2) is 6.47. The van der Waals surface area contributed by atoms with Crippen LogP contribution >= 0.6 is 0 Å². The van der Waals surface area contributed by atoms with Crippen molar-refractivity contribution in [3.05, 3.63) is 18.2 Å². The Morgan fingerprint density at radius 1 is 1.24 bits per heavy atom. The highest BCUT2D eigenvalue weighted by Crippen LogP contribution is 2.31. The van der Waals surface area contributed by atoms with Crippen molar-refractivity contribution >= 4 is 17.5 Å². The molecule has 1 aromatic carbocycles. The summed E-state index contributed by atoms with van der Waals surface area (Å²) in [5, 5.41) is 3.09. The lowest BCUT2D eigenvalue weighted by Gasteiger charge is -2.17. The first-order chi connectivity index (χ1) is 10.1. The van der Waals surface area contributed by atoms with Crippen LogP contribution in [0.2, 0.25) is 0 Å². The van der Waals surface area contributed by atoms with Crippen LogP contribution in [0.25, 0.3) is 0 Å². The Hall–Kier alpha value is -2.24. The molecule has 1 unspecified atom stereocenters. The number of nitrogens with one attached hydrogen (secondary N) is 1. The van der Waals surface area contributed by atoms with Crippen molar-refractivity contribution in [1.29, 1.82) is 0 Å². The summed E-state index contributed by atoms with van der Waals surface area (Å²) in [5.41, 5.74) is 0.657. The number of carbonyl (C=O) groups is 2. The van der Waals surface area contributed by atoms with Crippen LogP contribution < -0.4 is 14.8 Å². The van der Waals surface area contributed by atoms with Crippen LogP contribution in [0.5, 0.6) is 11.5 Å². The van der Waals surface area contributed by atoms with Crippen molar-refractivity contribution in [2.45, 2.75) is 26.3 Å². The number of amides is 2. The molecule has 0 bridgehead atoms. The van der Waals surface area contributed by atoms with Gasteiger partial charge in [-0.2, -0.15) is 0 Å². The summed E-state index contributed by atoms with van der Waals surface area (Å²) < 4.78 is 11.0. The molecular weight excluding hydrogens is 272 g/mol. The van der Waals surface area contributed by atoms with Gasteiger partial charge >= 0.3 is 0 Å². The van der Waals surface area contributed by atoms with E-state index in [1.807, 2.05) is 19.9 Å². The molecule has 1 fully saturated rings. The number of carbonyl (C=O) groups excluding carboxylic acids is 2. The van der Waals surface area contributed by atoms with E-state index in [9.17, 15) is 9.59 Å². The Morgan fingerprint density at radius 2 is 1.95 bits per heavy atom. The number of hydrogen-bond acceptors (Lipinski definition) is 5. The molecule has 2 amide bonds. The predicted octanol–water partition coefficient (Wildman–Crippen LogP) is 1.65. The molecule has 1 heterocycles. The van der Waals surface area contributed by atoms with Gasteiger partial charge in [-0.1, -0.05) is 0 Å². The van der Waals surface area contributed by atoms with E-state index in [1.165, 1.54) is 7.05 Å². The zero-order chi connectivity index (χ0) is 15.4. The monoisotopic (exact) mass is 292 g/mol. The number of ether oxygens (including phenoxy) is 2. The average Bonchev–Trinajstić information content (AvgIpc) is 2.70. The second-order valence-electron chi connectivity index (χ2n) is 4.72. The van der Waals surface area contributed by atoms with Crippen LogP contribution in [0.3, 0.4) is 0 Å². The van der Waals surface area contributed by atoms with Crippen molar-refractivity contribution in [3.63, 3.8) is 0 Å². The molecule has 1 atom stereocenters. The number of anilines is 1. The zero-order valence-electron chi connectivity index (χ0n) is 12.5. The molecule has 6 heteroatoms. The fourth-order valence-corrected chi connectivity index (χ4v) is 2.22. The molecule has 1 aliphatic heterocycles. The average molecular weight is 292 g/mol. The van der Waals surface area contributed by atoms with E-state index >= 15 is 0 Å². The number of hydrogen-bond donors (Lipinski definition) is 1. The van der Waals surface area contributed by atoms with Crippen molar-refractivity contribution < 1.29 is 19.1 Å². The number of likely N-dealkylation sites (tertiary alicyclic amines) is 1. The van der Waals surface area contributed by atoms with Gasteiger partial charge in [-0.15, -0.1) is 0 Å². The largest absolute Gasteiger partial charge is 0.494 e. The molecular formula is C15H20N2O4. The minimum Gasteiger partial charge on any atom is -0.494 e. The Kier molecular flexibility index (Phi) is 4.67. The Labute approximate surface area is 124 Å². The van der Waals surface area contributed by atoms with Crippen molar-refractivity contribution in [1.82, 2.24) is 4.90 Å². The van der Waals surface area contributed by atoms with Crippen LogP contribution in [0, 0.1) is 0 Å². The molecule has 0 radical (unpaired) electrons. The zero-order valence-corrected chi connectivity index (χ0v) is 12.5. The Bertz CT molecular complexity index is 544. The minimum atomic E-state index is -0.557. The fourth-order valence-electron chi connectivity index (χ4n) is 2.22. The quantitative estimate of drug-likeness (QED) is 0.808. The van der Waals surface area contributed by atoms with Gasteiger partial charge < -0.3 is 14.8 Å². The first kappa shape index (κ1) is 15.2. The predicted molar refractivity (Wildman–Crippen MR) is 78.6 cm³/mol. The second-order valence-corrected chi connectivity index (χ2v) is 4.72. The molecule has 1 N–H and O–H groups in total. The molecule has 1 saturated heterocycles. The molecule has 6 nitrogen and oxygen atoms in total. The number of likely N-dealkylation sites (N-methyl/N-ethyl adjacent to an activating group) is 1. The Balaban J connectivity index is 2.22. The molecule has 0 aliphatic carbocycles. The summed E-state index contributed by atoms with van der Waals surface area (Å²) in [4.78, 5) is 24.7. The van der Waals surface area contributed by atoms with Gasteiger partial charge in [0.15, 0.2) is 0 Å². The smallest absolute Gasteiger partial charge is 0.251 e. The van der Waals surface area contributed by atoms with Crippen LogP contribution in [0.4, 0.5) is 5.69 Å². The van der Waals surface area contributed by atoms with E-state index in [-0.39, 0.29) is 18.2 Å². The van der Waals surface area contributed by atoms with Gasteiger partial charge in [0.05, 0.1) is 25.3 Å². The van der Waals surface area contributed by atoms with Crippen LogP contribution in [0.1, 0.15) is 20.3 Å². The van der Waals surface area contributed by atoms with Gasteiger partial charge in [0, 0.05) is 13.1 Å². The van der Waals surface area contributed by atoms with E-state index in [2.05, 4.69) is 5.32 Å². The Morgan fingerprint density at radius 3 is 2.52 bits per heavy atom. The van der Waals surface area contributed by atoms with Crippen molar-refractivity contribution in [2.75, 3.05) is 25.6 Å². The summed E-state index contributed by atoms with van der Waals surface area (Å²) in [6.07, 6.45) is 0.153. The molecule has 1 aliphatic rings. The molecule has 114 valence electrons. The van der Waals surface area contributed by atoms with Crippen LogP contribution in [-0.4, -0.2) is 43.0 Å². The summed E-state index contributed by atoms with van der Waals surface area (Å²) in [7, 11) is 1.49. The maximum absolute atomic E-state index is 12.0. The van der Waals surface area contributed by atoms with Crippen molar-refractivity contribution in [3.8, 4) is 11.5 Å². The maximum atomic E-state index is 12.0. The topological polar surface area (TPSA) is 67.9 Å². The third-order valence-corrected chi connectivity index (χ3v) is 3.27. The number of nitrogens with zero attached hydrogens (tertiary/aromatic N) is 1. The van der Waals surface area contributed by atoms with Crippen LogP contribution in [0.15, 0.2) is 18.2 Å². The van der Waals surface area contributed by atoms with Crippen LogP contribution in [-0.2, 0) is 9.59 Å². The highest BCUT2D eigenvalue weighted by Gasteiger charge is 2.36. The molecule has 1 aromatic rings. The van der Waals surface area contributed by atoms with Gasteiger partial charge in [-0.25, -0.2) is 0 Å². The summed E-state index contributed by atoms with van der Waals surface area (Å²) in [6.45, 7) is 4.85. The number of imide groups is 1. The van der Waals surface area contributed by atoms with Gasteiger partial charge in [0.2, 0.25) is 5.91 Å². The third-order valence-electron chi connectivity index (χ3n) is 3.27. The van der Waals surface area contributed by atoms with E-state index < -0.39 is 6.04 Å².